The third kappa shape index (κ3) is 3.21. The smallest absolute Gasteiger partial charge is 0.261 e. The van der Waals surface area contributed by atoms with Gasteiger partial charge < -0.3 is 0 Å². The first kappa shape index (κ1) is 7.60. The van der Waals surface area contributed by atoms with Crippen molar-refractivity contribution < 1.29 is 12.6 Å². The Morgan fingerprint density at radius 1 is 1.71 bits per heavy atom. The molecule has 0 radical (unpaired) electrons. The predicted octanol–water partition coefficient (Wildman–Crippen LogP) is -0.183. The van der Waals surface area contributed by atoms with Crippen LogP contribution in [0.4, 0.5) is 0 Å². The molecule has 0 saturated heterocycles. The van der Waals surface area contributed by atoms with E-state index < -0.39 is 10.3 Å². The first-order valence-electron chi connectivity index (χ1n) is 1.30. The van der Waals surface area contributed by atoms with Gasteiger partial charge in [-0.3, -0.25) is 4.18 Å². The highest BCUT2D eigenvalue weighted by atomic mass is 127. The van der Waals surface area contributed by atoms with Crippen LogP contribution in [0.15, 0.2) is 0 Å². The lowest BCUT2D eigenvalue weighted by molar-refractivity contribution is 0.397. The Balaban J connectivity index is 3.89. The zero-order chi connectivity index (χ0) is 5.91. The monoisotopic (exact) mass is 237 g/mol. The largest absolute Gasteiger partial charge is 0.344 e. The lowest BCUT2D eigenvalue weighted by Crippen LogP contribution is -2.13. The van der Waals surface area contributed by atoms with Crippen LogP contribution >= 0.6 is 22.9 Å². The molecular weight excluding hydrogens is 233 g/mol. The summed E-state index contributed by atoms with van der Waals surface area (Å²) in [6, 6.07) is 0. The van der Waals surface area contributed by atoms with Gasteiger partial charge in [-0.2, -0.15) is 8.42 Å². The van der Waals surface area contributed by atoms with Crippen molar-refractivity contribution in [3.63, 3.8) is 0 Å². The Morgan fingerprint density at radius 2 is 2.14 bits per heavy atom. The van der Waals surface area contributed by atoms with Crippen LogP contribution in [0.3, 0.4) is 0 Å². The molecule has 0 aromatic heterocycles. The number of halogens is 1. The molecule has 0 aromatic rings. The van der Waals surface area contributed by atoms with Crippen LogP contribution < -0.4 is 2.94 Å². The Kier molecular flexibility index (Phi) is 3.04. The molecule has 0 aliphatic carbocycles. The zero-order valence-corrected chi connectivity index (χ0v) is 6.48. The van der Waals surface area contributed by atoms with Gasteiger partial charge in [0.15, 0.2) is 0 Å². The van der Waals surface area contributed by atoms with Gasteiger partial charge >= 0.3 is 10.3 Å². The quantitative estimate of drug-likeness (QED) is 0.535. The molecule has 0 amide bonds. The van der Waals surface area contributed by atoms with Crippen molar-refractivity contribution in [1.82, 2.24) is 2.94 Å². The van der Waals surface area contributed by atoms with Crippen molar-refractivity contribution in [2.75, 3.05) is 7.11 Å². The van der Waals surface area contributed by atoms with Gasteiger partial charge in [0.1, 0.15) is 0 Å². The molecule has 1 N–H and O–H groups in total. The van der Waals surface area contributed by atoms with Crippen LogP contribution in [-0.2, 0) is 14.5 Å². The Morgan fingerprint density at radius 3 is 2.14 bits per heavy atom. The Labute approximate surface area is 56.0 Å². The SMILES string of the molecule is COS(=O)(=O)NI. The highest BCUT2D eigenvalue weighted by molar-refractivity contribution is 14.1. The third-order valence-electron chi connectivity index (χ3n) is 0.314. The average molecular weight is 237 g/mol. The topological polar surface area (TPSA) is 55.4 Å². The summed E-state index contributed by atoms with van der Waals surface area (Å²) in [5, 5.41) is 0. The number of rotatable bonds is 2. The standard InChI is InChI=1S/CH4INO3S/c1-6-7(4,5)3-2/h3H,1H3. The van der Waals surface area contributed by atoms with E-state index in [0.29, 0.717) is 0 Å². The van der Waals surface area contributed by atoms with E-state index in [4.69, 9.17) is 0 Å². The van der Waals surface area contributed by atoms with Gasteiger partial charge in [-0.05, 0) is 0 Å². The van der Waals surface area contributed by atoms with Gasteiger partial charge in [0.25, 0.3) is 0 Å². The molecule has 0 aliphatic rings. The Hall–Kier alpha value is 0.600. The summed E-state index contributed by atoms with van der Waals surface area (Å²) in [5.74, 6) is 0. The van der Waals surface area contributed by atoms with Crippen molar-refractivity contribution >= 4 is 33.2 Å². The normalized spacial score (nSPS) is 11.7. The molecule has 7 heavy (non-hydrogen) atoms. The Bertz CT molecular complexity index is 118. The second-order valence-corrected chi connectivity index (χ2v) is 3.42. The van der Waals surface area contributed by atoms with Crippen LogP contribution in [0.25, 0.3) is 0 Å². The fraction of sp³-hybridized carbons (Fsp3) is 1.00. The summed E-state index contributed by atoms with van der Waals surface area (Å²) >= 11 is 1.47. The van der Waals surface area contributed by atoms with E-state index in [1.165, 1.54) is 22.9 Å². The van der Waals surface area contributed by atoms with E-state index in [0.717, 1.165) is 7.11 Å². The van der Waals surface area contributed by atoms with Crippen LogP contribution in [-0.4, -0.2) is 15.5 Å². The van der Waals surface area contributed by atoms with Crippen molar-refractivity contribution in [2.24, 2.45) is 0 Å². The molecule has 0 aromatic carbocycles. The van der Waals surface area contributed by atoms with Gasteiger partial charge in [0, 0.05) is 22.9 Å². The summed E-state index contributed by atoms with van der Waals surface area (Å²) in [6.45, 7) is 0. The van der Waals surface area contributed by atoms with Crippen molar-refractivity contribution in [3.05, 3.63) is 0 Å². The van der Waals surface area contributed by atoms with Crippen LogP contribution in [0, 0.1) is 0 Å². The van der Waals surface area contributed by atoms with Crippen molar-refractivity contribution in [2.45, 2.75) is 0 Å². The summed E-state index contributed by atoms with van der Waals surface area (Å²) in [5.41, 5.74) is 0. The first-order valence-corrected chi connectivity index (χ1v) is 3.79. The molecular formula is CH4INO3S. The number of hydrogen-bond donors (Lipinski definition) is 1. The molecule has 4 nitrogen and oxygen atoms in total. The molecule has 0 unspecified atom stereocenters. The fourth-order valence-electron chi connectivity index (χ4n) is 0.0315. The van der Waals surface area contributed by atoms with Gasteiger partial charge in [-0.1, -0.05) is 0 Å². The lowest BCUT2D eigenvalue weighted by atomic mass is 11.8. The summed E-state index contributed by atoms with van der Waals surface area (Å²) in [4.78, 5) is 0. The first-order chi connectivity index (χ1) is 3.12. The molecule has 0 bridgehead atoms. The van der Waals surface area contributed by atoms with E-state index in [2.05, 4.69) is 4.18 Å². The van der Waals surface area contributed by atoms with Crippen molar-refractivity contribution in [1.29, 1.82) is 0 Å². The van der Waals surface area contributed by atoms with Crippen LogP contribution in [0.1, 0.15) is 0 Å². The fourth-order valence-corrected chi connectivity index (χ4v) is 0.634. The summed E-state index contributed by atoms with van der Waals surface area (Å²) < 4.78 is 25.9. The molecule has 0 rings (SSSR count). The highest BCUT2D eigenvalue weighted by Gasteiger charge is 2.00. The van der Waals surface area contributed by atoms with Crippen LogP contribution in [0.2, 0.25) is 0 Å². The van der Waals surface area contributed by atoms with Crippen molar-refractivity contribution in [3.8, 4) is 0 Å². The maximum atomic E-state index is 10.0. The number of hydrogen-bond acceptors (Lipinski definition) is 3. The minimum atomic E-state index is -3.42. The van der Waals surface area contributed by atoms with E-state index in [-0.39, 0.29) is 0 Å². The average Bonchev–Trinajstić information content (AvgIpc) is 1.68. The molecule has 0 fully saturated rings. The molecule has 0 heterocycles. The minimum Gasteiger partial charge on any atom is -0.261 e. The van der Waals surface area contributed by atoms with Gasteiger partial charge in [-0.15, -0.1) is 2.94 Å². The molecule has 0 saturated carbocycles. The summed E-state index contributed by atoms with van der Waals surface area (Å²) in [6.07, 6.45) is 0. The van der Waals surface area contributed by atoms with E-state index >= 15 is 0 Å². The molecule has 0 atom stereocenters. The second-order valence-electron chi connectivity index (χ2n) is 0.698. The molecule has 0 aliphatic heterocycles. The summed E-state index contributed by atoms with van der Waals surface area (Å²) in [7, 11) is -2.34. The lowest BCUT2D eigenvalue weighted by Gasteiger charge is -1.91. The third-order valence-corrected chi connectivity index (χ3v) is 2.56. The molecule has 0 spiro atoms. The van der Waals surface area contributed by atoms with Gasteiger partial charge in [-0.25, -0.2) is 0 Å². The van der Waals surface area contributed by atoms with E-state index in [1.54, 1.807) is 0 Å². The second kappa shape index (κ2) is 2.80. The highest BCUT2D eigenvalue weighted by Crippen LogP contribution is 1.84. The van der Waals surface area contributed by atoms with E-state index in [9.17, 15) is 8.42 Å². The molecule has 44 valence electrons. The van der Waals surface area contributed by atoms with E-state index in [1.807, 2.05) is 2.94 Å². The number of nitrogens with one attached hydrogen (secondary N) is 1. The van der Waals surface area contributed by atoms with Gasteiger partial charge in [0.05, 0.1) is 7.11 Å². The van der Waals surface area contributed by atoms with Gasteiger partial charge in [0.2, 0.25) is 0 Å². The zero-order valence-electron chi connectivity index (χ0n) is 3.51. The maximum absolute atomic E-state index is 10.0. The minimum absolute atomic E-state index is 1.08. The predicted molar refractivity (Wildman–Crippen MR) is 33.1 cm³/mol. The van der Waals surface area contributed by atoms with Crippen LogP contribution in [0.5, 0.6) is 0 Å². The maximum Gasteiger partial charge on any atom is 0.344 e. The molecule has 6 heteroatoms.